The van der Waals surface area contributed by atoms with Gasteiger partial charge in [0.2, 0.25) is 0 Å². The molecular formula is C23H31N3O4. The average molecular weight is 414 g/mol. The molecule has 2 N–H and O–H groups in total. The summed E-state index contributed by atoms with van der Waals surface area (Å²) in [5.74, 6) is -0.653. The zero-order valence-electron chi connectivity index (χ0n) is 18.1. The van der Waals surface area contributed by atoms with Crippen LogP contribution in [0.1, 0.15) is 52.7 Å². The minimum absolute atomic E-state index is 0.000454. The van der Waals surface area contributed by atoms with E-state index in [1.54, 1.807) is 6.33 Å². The third-order valence-corrected chi connectivity index (χ3v) is 5.71. The van der Waals surface area contributed by atoms with Crippen LogP contribution >= 0.6 is 0 Å². The summed E-state index contributed by atoms with van der Waals surface area (Å²) in [5, 5.41) is 12.8. The van der Waals surface area contributed by atoms with Crippen molar-refractivity contribution in [3.05, 3.63) is 48.5 Å². The van der Waals surface area contributed by atoms with Crippen LogP contribution in [0.2, 0.25) is 0 Å². The number of rotatable bonds is 8. The summed E-state index contributed by atoms with van der Waals surface area (Å²) in [7, 11) is 0. The molecule has 7 heteroatoms. The van der Waals surface area contributed by atoms with Crippen molar-refractivity contribution in [2.75, 3.05) is 6.54 Å². The number of aromatic nitrogens is 2. The van der Waals surface area contributed by atoms with Crippen molar-refractivity contribution in [3.63, 3.8) is 0 Å². The van der Waals surface area contributed by atoms with Crippen LogP contribution in [0.15, 0.2) is 42.9 Å². The molecule has 0 saturated heterocycles. The lowest BCUT2D eigenvalue weighted by molar-refractivity contribution is -0.140. The highest BCUT2D eigenvalue weighted by Crippen LogP contribution is 2.57. The van der Waals surface area contributed by atoms with Crippen LogP contribution in [0.25, 0.3) is 5.69 Å². The number of para-hydroxylation sites is 1. The molecule has 30 heavy (non-hydrogen) atoms. The maximum Gasteiger partial charge on any atom is 0.407 e. The lowest BCUT2D eigenvalue weighted by atomic mass is 9.92. The van der Waals surface area contributed by atoms with Crippen molar-refractivity contribution < 1.29 is 19.4 Å². The topological polar surface area (TPSA) is 93.5 Å². The van der Waals surface area contributed by atoms with Crippen molar-refractivity contribution >= 4 is 12.1 Å². The highest BCUT2D eigenvalue weighted by Gasteiger charge is 2.63. The summed E-state index contributed by atoms with van der Waals surface area (Å²) >= 11 is 0. The molecule has 1 aromatic carbocycles. The van der Waals surface area contributed by atoms with Gasteiger partial charge in [0, 0.05) is 18.4 Å². The number of alkyl carbamates (subject to hydrolysis) is 1. The number of benzene rings is 1. The zero-order chi connectivity index (χ0) is 21.9. The van der Waals surface area contributed by atoms with Gasteiger partial charge in [-0.25, -0.2) is 9.78 Å². The molecule has 1 amide bonds. The Morgan fingerprint density at radius 3 is 2.63 bits per heavy atom. The fourth-order valence-corrected chi connectivity index (χ4v) is 3.93. The van der Waals surface area contributed by atoms with Gasteiger partial charge < -0.3 is 19.7 Å². The molecule has 0 unspecified atom stereocenters. The maximum atomic E-state index is 12.2. The second-order valence-electron chi connectivity index (χ2n) is 9.07. The van der Waals surface area contributed by atoms with E-state index in [-0.39, 0.29) is 11.8 Å². The molecule has 0 aliphatic heterocycles. The molecule has 1 heterocycles. The van der Waals surface area contributed by atoms with Gasteiger partial charge >= 0.3 is 12.1 Å². The third kappa shape index (κ3) is 4.83. The first kappa shape index (κ1) is 21.9. The number of nitrogens with zero attached hydrogens (tertiary/aromatic N) is 2. The number of carboxylic acids is 1. The van der Waals surface area contributed by atoms with Gasteiger partial charge in [-0.2, -0.15) is 0 Å². The molecule has 7 nitrogen and oxygen atoms in total. The van der Waals surface area contributed by atoms with Crippen LogP contribution in [0.3, 0.4) is 0 Å². The SMILES string of the molecule is CC[C@H](CNC(=O)OC(C)(C)C)C[C@H]1C[C@]1(C(=O)O)c1cn(-c2ccccc2)cn1. The number of carboxylic acid groups (broad SMARTS) is 1. The largest absolute Gasteiger partial charge is 0.481 e. The van der Waals surface area contributed by atoms with Gasteiger partial charge in [0.1, 0.15) is 11.0 Å². The summed E-state index contributed by atoms with van der Waals surface area (Å²) in [4.78, 5) is 28.6. The van der Waals surface area contributed by atoms with Crippen LogP contribution in [0.5, 0.6) is 0 Å². The molecule has 1 aliphatic carbocycles. The highest BCUT2D eigenvalue weighted by molar-refractivity contribution is 5.85. The number of carbonyl (C=O) groups excluding carboxylic acids is 1. The van der Waals surface area contributed by atoms with E-state index in [1.165, 1.54) is 0 Å². The van der Waals surface area contributed by atoms with Crippen LogP contribution < -0.4 is 5.32 Å². The zero-order valence-corrected chi connectivity index (χ0v) is 18.1. The molecule has 1 aliphatic rings. The summed E-state index contributed by atoms with van der Waals surface area (Å²) in [5.41, 5.74) is 0.0540. The molecule has 1 aromatic heterocycles. The first-order valence-corrected chi connectivity index (χ1v) is 10.5. The second-order valence-corrected chi connectivity index (χ2v) is 9.07. The van der Waals surface area contributed by atoms with Crippen molar-refractivity contribution in [3.8, 4) is 5.69 Å². The Bertz CT molecular complexity index is 887. The second kappa shape index (κ2) is 8.50. The lowest BCUT2D eigenvalue weighted by Gasteiger charge is -2.22. The van der Waals surface area contributed by atoms with E-state index in [0.717, 1.165) is 18.5 Å². The summed E-state index contributed by atoms with van der Waals surface area (Å²) < 4.78 is 7.15. The molecule has 2 aromatic rings. The predicted octanol–water partition coefficient (Wildman–Crippen LogP) is 4.16. The Labute approximate surface area is 177 Å². The van der Waals surface area contributed by atoms with E-state index in [1.807, 2.05) is 61.9 Å². The number of hydrogen-bond donors (Lipinski definition) is 2. The van der Waals surface area contributed by atoms with Gasteiger partial charge in [0.05, 0.1) is 12.0 Å². The smallest absolute Gasteiger partial charge is 0.407 e. The fourth-order valence-electron chi connectivity index (χ4n) is 3.93. The lowest BCUT2D eigenvalue weighted by Crippen LogP contribution is -2.35. The Morgan fingerprint density at radius 2 is 2.03 bits per heavy atom. The third-order valence-electron chi connectivity index (χ3n) is 5.71. The Kier molecular flexibility index (Phi) is 6.19. The summed E-state index contributed by atoms with van der Waals surface area (Å²) in [6.45, 7) is 7.99. The molecule has 1 fully saturated rings. The Morgan fingerprint density at radius 1 is 1.33 bits per heavy atom. The van der Waals surface area contributed by atoms with Gasteiger partial charge in [-0.3, -0.25) is 4.79 Å². The number of carbonyl (C=O) groups is 2. The Balaban J connectivity index is 1.65. The molecule has 1 saturated carbocycles. The minimum atomic E-state index is -0.945. The molecule has 0 spiro atoms. The molecule has 3 atom stereocenters. The van der Waals surface area contributed by atoms with E-state index >= 15 is 0 Å². The number of nitrogens with one attached hydrogen (secondary N) is 1. The number of amides is 1. The van der Waals surface area contributed by atoms with Gasteiger partial charge in [0.25, 0.3) is 0 Å². The monoisotopic (exact) mass is 413 g/mol. The standard InChI is InChI=1S/C23H31N3O4/c1-5-16(13-24-21(29)30-22(2,3)4)11-17-12-23(17,20(27)28)19-14-26(15-25-19)18-9-7-6-8-10-18/h6-10,14-17H,5,11-13H2,1-4H3,(H,24,29)(H,27,28)/t16-,17-,23+/m0/s1. The number of aliphatic carboxylic acids is 1. The van der Waals surface area contributed by atoms with Crippen LogP contribution in [-0.4, -0.2) is 38.9 Å². The fraction of sp³-hybridized carbons (Fsp3) is 0.522. The van der Waals surface area contributed by atoms with Gasteiger partial charge in [-0.1, -0.05) is 31.5 Å². The summed E-state index contributed by atoms with van der Waals surface area (Å²) in [6.07, 6.45) is 5.19. The van der Waals surface area contributed by atoms with E-state index in [2.05, 4.69) is 17.2 Å². The molecular weight excluding hydrogens is 382 g/mol. The van der Waals surface area contributed by atoms with Crippen molar-refractivity contribution in [1.29, 1.82) is 0 Å². The first-order valence-electron chi connectivity index (χ1n) is 10.5. The highest BCUT2D eigenvalue weighted by atomic mass is 16.6. The van der Waals surface area contributed by atoms with E-state index in [0.29, 0.717) is 18.7 Å². The quantitative estimate of drug-likeness (QED) is 0.678. The number of ether oxygens (including phenoxy) is 1. The maximum absolute atomic E-state index is 12.2. The van der Waals surface area contributed by atoms with Crippen LogP contribution in [0.4, 0.5) is 4.79 Å². The van der Waals surface area contributed by atoms with Crippen LogP contribution in [-0.2, 0) is 14.9 Å². The number of hydrogen-bond acceptors (Lipinski definition) is 4. The minimum Gasteiger partial charge on any atom is -0.481 e. The van der Waals surface area contributed by atoms with Crippen molar-refractivity contribution in [2.24, 2.45) is 11.8 Å². The van der Waals surface area contributed by atoms with Gasteiger partial charge in [-0.15, -0.1) is 0 Å². The van der Waals surface area contributed by atoms with Crippen LogP contribution in [0, 0.1) is 11.8 Å². The summed E-state index contributed by atoms with van der Waals surface area (Å²) in [6, 6.07) is 9.72. The normalized spacial score (nSPS) is 21.7. The Hall–Kier alpha value is -2.83. The molecule has 0 bridgehead atoms. The molecule has 3 rings (SSSR count). The first-order chi connectivity index (χ1) is 14.2. The molecule has 0 radical (unpaired) electrons. The number of imidazole rings is 1. The van der Waals surface area contributed by atoms with E-state index in [4.69, 9.17) is 4.74 Å². The van der Waals surface area contributed by atoms with Gasteiger partial charge in [-0.05, 0) is 57.6 Å². The predicted molar refractivity (Wildman–Crippen MR) is 114 cm³/mol. The van der Waals surface area contributed by atoms with E-state index in [9.17, 15) is 14.7 Å². The molecule has 162 valence electrons. The van der Waals surface area contributed by atoms with Crippen molar-refractivity contribution in [1.82, 2.24) is 14.9 Å². The van der Waals surface area contributed by atoms with Gasteiger partial charge in [0.15, 0.2) is 0 Å². The van der Waals surface area contributed by atoms with E-state index < -0.39 is 23.1 Å². The van der Waals surface area contributed by atoms with Crippen molar-refractivity contribution in [2.45, 2.75) is 58.0 Å². The average Bonchev–Trinajstić information content (AvgIpc) is 3.19.